The maximum atomic E-state index is 13.8. The number of allylic oxidation sites excluding steroid dienone is 2. The summed E-state index contributed by atoms with van der Waals surface area (Å²) in [5, 5.41) is 9.65. The summed E-state index contributed by atoms with van der Waals surface area (Å²) < 4.78 is 29.1. The third-order valence-electron chi connectivity index (χ3n) is 6.65. The predicted octanol–water partition coefficient (Wildman–Crippen LogP) is 5.05. The molecule has 1 aliphatic heterocycles. The van der Waals surface area contributed by atoms with E-state index >= 15 is 0 Å². The minimum Gasteiger partial charge on any atom is -0.336 e. The standard InChI is InChI=1S/C28H31N3O3S2/c1-19-13-20(2)15-24(14-19)35-26-16-22(4)23(18-29)17-27(26)36(33,34)31-11-9-30(10-12-31)28(32)25-8-6-5-7-21(25)3/h5-8,13-17,22-23H,9-12H2,1-4H3. The lowest BCUT2D eigenvalue weighted by Gasteiger charge is -2.35. The third-order valence-corrected chi connectivity index (χ3v) is 9.78. The van der Waals surface area contributed by atoms with Gasteiger partial charge in [-0.15, -0.1) is 0 Å². The van der Waals surface area contributed by atoms with Crippen molar-refractivity contribution in [3.63, 3.8) is 0 Å². The number of amides is 1. The van der Waals surface area contributed by atoms with Crippen molar-refractivity contribution in [2.24, 2.45) is 11.8 Å². The van der Waals surface area contributed by atoms with E-state index in [1.165, 1.54) is 16.1 Å². The summed E-state index contributed by atoms with van der Waals surface area (Å²) in [6, 6.07) is 15.8. The maximum absolute atomic E-state index is 13.8. The second kappa shape index (κ2) is 10.6. The molecule has 36 heavy (non-hydrogen) atoms. The highest BCUT2D eigenvalue weighted by molar-refractivity contribution is 8.05. The van der Waals surface area contributed by atoms with Crippen LogP contribution in [-0.2, 0) is 10.0 Å². The number of nitrogens with zero attached hydrogens (tertiary/aromatic N) is 3. The Balaban J connectivity index is 1.56. The highest BCUT2D eigenvalue weighted by Gasteiger charge is 2.36. The highest BCUT2D eigenvalue weighted by Crippen LogP contribution is 2.41. The van der Waals surface area contributed by atoms with E-state index in [0.29, 0.717) is 23.6 Å². The van der Waals surface area contributed by atoms with Crippen LogP contribution in [0.15, 0.2) is 69.3 Å². The monoisotopic (exact) mass is 521 g/mol. The Morgan fingerprint density at radius 3 is 2.25 bits per heavy atom. The van der Waals surface area contributed by atoms with Crippen molar-refractivity contribution in [3.05, 3.63) is 86.7 Å². The molecule has 0 aromatic heterocycles. The Morgan fingerprint density at radius 1 is 1.00 bits per heavy atom. The number of aryl methyl sites for hydroxylation is 3. The highest BCUT2D eigenvalue weighted by atomic mass is 32.2. The first-order valence-corrected chi connectivity index (χ1v) is 14.3. The van der Waals surface area contributed by atoms with Crippen LogP contribution in [0.25, 0.3) is 0 Å². The van der Waals surface area contributed by atoms with Crippen LogP contribution in [0.3, 0.4) is 0 Å². The lowest BCUT2D eigenvalue weighted by molar-refractivity contribution is 0.0697. The number of carbonyl (C=O) groups excluding carboxylic acids is 1. The van der Waals surface area contributed by atoms with Gasteiger partial charge in [0.25, 0.3) is 5.91 Å². The molecule has 1 amide bonds. The molecule has 0 spiro atoms. The topological polar surface area (TPSA) is 81.5 Å². The molecule has 2 atom stereocenters. The Morgan fingerprint density at radius 2 is 1.64 bits per heavy atom. The van der Waals surface area contributed by atoms with E-state index in [4.69, 9.17) is 0 Å². The molecule has 0 N–H and O–H groups in total. The summed E-state index contributed by atoms with van der Waals surface area (Å²) >= 11 is 1.43. The number of rotatable bonds is 5. The number of hydrogen-bond donors (Lipinski definition) is 0. The molecule has 1 aliphatic carbocycles. The molecule has 2 aromatic rings. The van der Waals surface area contributed by atoms with E-state index in [9.17, 15) is 18.5 Å². The van der Waals surface area contributed by atoms with Crippen LogP contribution in [0, 0.1) is 43.9 Å². The predicted molar refractivity (Wildman–Crippen MR) is 144 cm³/mol. The number of thioether (sulfide) groups is 1. The van der Waals surface area contributed by atoms with Crippen molar-refractivity contribution in [3.8, 4) is 6.07 Å². The summed E-state index contributed by atoms with van der Waals surface area (Å²) in [5.74, 6) is -0.681. The van der Waals surface area contributed by atoms with E-state index in [2.05, 4.69) is 12.1 Å². The Kier molecular flexibility index (Phi) is 7.74. The quantitative estimate of drug-likeness (QED) is 0.550. The van der Waals surface area contributed by atoms with Gasteiger partial charge in [0.1, 0.15) is 0 Å². The van der Waals surface area contributed by atoms with Crippen LogP contribution in [0.5, 0.6) is 0 Å². The van der Waals surface area contributed by atoms with Crippen LogP contribution < -0.4 is 0 Å². The van der Waals surface area contributed by atoms with Crippen molar-refractivity contribution in [1.29, 1.82) is 5.26 Å². The van der Waals surface area contributed by atoms with Gasteiger partial charge >= 0.3 is 0 Å². The number of sulfonamides is 1. The molecule has 188 valence electrons. The first-order chi connectivity index (χ1) is 17.1. The molecule has 2 aliphatic rings. The van der Waals surface area contributed by atoms with Crippen molar-refractivity contribution >= 4 is 27.7 Å². The molecule has 1 saturated heterocycles. The molecule has 4 rings (SSSR count). The van der Waals surface area contributed by atoms with Crippen LogP contribution in [0.2, 0.25) is 0 Å². The molecule has 1 heterocycles. The summed E-state index contributed by atoms with van der Waals surface area (Å²) in [6.45, 7) is 8.94. The molecule has 0 bridgehead atoms. The second-order valence-electron chi connectivity index (χ2n) is 9.51. The zero-order chi connectivity index (χ0) is 26.0. The maximum Gasteiger partial charge on any atom is 0.254 e. The number of nitriles is 1. The van der Waals surface area contributed by atoms with Crippen LogP contribution in [-0.4, -0.2) is 49.7 Å². The van der Waals surface area contributed by atoms with Crippen molar-refractivity contribution in [1.82, 2.24) is 9.21 Å². The molecular formula is C28H31N3O3S2. The summed E-state index contributed by atoms with van der Waals surface area (Å²) in [7, 11) is -3.85. The molecule has 8 heteroatoms. The Hall–Kier alpha value is -2.86. The van der Waals surface area contributed by atoms with Gasteiger partial charge in [-0.1, -0.05) is 49.0 Å². The Bertz CT molecular complexity index is 1360. The normalized spacial score (nSPS) is 20.9. The number of carbonyl (C=O) groups is 1. The average Bonchev–Trinajstić information content (AvgIpc) is 2.83. The zero-order valence-corrected chi connectivity index (χ0v) is 22.7. The molecule has 0 saturated carbocycles. The zero-order valence-electron chi connectivity index (χ0n) is 21.1. The van der Waals surface area contributed by atoms with E-state index in [0.717, 1.165) is 21.6 Å². The molecule has 2 aromatic carbocycles. The fraction of sp³-hybridized carbons (Fsp3) is 0.357. The lowest BCUT2D eigenvalue weighted by Crippen LogP contribution is -2.51. The first-order valence-electron chi connectivity index (χ1n) is 12.0. The van der Waals surface area contributed by atoms with Gasteiger partial charge in [0, 0.05) is 41.5 Å². The van der Waals surface area contributed by atoms with E-state index in [-0.39, 0.29) is 29.8 Å². The molecular weight excluding hydrogens is 490 g/mol. The van der Waals surface area contributed by atoms with Crippen molar-refractivity contribution in [2.45, 2.75) is 32.6 Å². The minimum absolute atomic E-state index is 0.0774. The van der Waals surface area contributed by atoms with Gasteiger partial charge in [-0.3, -0.25) is 4.79 Å². The first kappa shape index (κ1) is 26.2. The number of piperazine rings is 1. The van der Waals surface area contributed by atoms with E-state index in [1.807, 2.05) is 64.1 Å². The summed E-state index contributed by atoms with van der Waals surface area (Å²) in [6.07, 6.45) is 3.51. The third kappa shape index (κ3) is 5.44. The average molecular weight is 522 g/mol. The largest absolute Gasteiger partial charge is 0.336 e. The smallest absolute Gasteiger partial charge is 0.254 e. The van der Waals surface area contributed by atoms with Gasteiger partial charge in [0.15, 0.2) is 0 Å². The van der Waals surface area contributed by atoms with Crippen molar-refractivity contribution < 1.29 is 13.2 Å². The van der Waals surface area contributed by atoms with Crippen molar-refractivity contribution in [2.75, 3.05) is 26.2 Å². The summed E-state index contributed by atoms with van der Waals surface area (Å²) in [5.41, 5.74) is 3.77. The fourth-order valence-electron chi connectivity index (χ4n) is 4.65. The second-order valence-corrected chi connectivity index (χ2v) is 12.5. The molecule has 0 radical (unpaired) electrons. The van der Waals surface area contributed by atoms with Gasteiger partial charge in [-0.25, -0.2) is 8.42 Å². The van der Waals surface area contributed by atoms with Crippen LogP contribution in [0.1, 0.15) is 34.0 Å². The van der Waals surface area contributed by atoms with Gasteiger partial charge in [0.05, 0.1) is 16.9 Å². The van der Waals surface area contributed by atoms with E-state index < -0.39 is 15.9 Å². The van der Waals surface area contributed by atoms with Gasteiger partial charge < -0.3 is 4.90 Å². The molecule has 6 nitrogen and oxygen atoms in total. The fourth-order valence-corrected chi connectivity index (χ4v) is 7.85. The van der Waals surface area contributed by atoms with Gasteiger partial charge in [-0.05, 0) is 67.7 Å². The van der Waals surface area contributed by atoms with Gasteiger partial charge in [-0.2, -0.15) is 9.57 Å². The van der Waals surface area contributed by atoms with E-state index in [1.54, 1.807) is 17.0 Å². The number of hydrogen-bond acceptors (Lipinski definition) is 5. The van der Waals surface area contributed by atoms with Crippen LogP contribution in [0.4, 0.5) is 0 Å². The lowest BCUT2D eigenvalue weighted by atomic mass is 9.91. The molecule has 1 fully saturated rings. The SMILES string of the molecule is Cc1cc(C)cc(SC2=CC(C)C(C#N)C=C2S(=O)(=O)N2CCN(C(=O)c3ccccc3C)CC2)c1. The minimum atomic E-state index is -3.85. The van der Waals surface area contributed by atoms with Crippen LogP contribution >= 0.6 is 11.8 Å². The summed E-state index contributed by atoms with van der Waals surface area (Å²) in [4.78, 5) is 16.5. The molecule has 2 unspecified atom stereocenters. The number of benzene rings is 2. The van der Waals surface area contributed by atoms with Gasteiger partial charge in [0.2, 0.25) is 10.0 Å². The Labute approximate surface area is 218 Å².